The van der Waals surface area contributed by atoms with Crippen LogP contribution in [-0.4, -0.2) is 48.6 Å². The van der Waals surface area contributed by atoms with Crippen LogP contribution >= 0.6 is 0 Å². The maximum Gasteiger partial charge on any atom is 0.0972 e. The van der Waals surface area contributed by atoms with E-state index in [0.717, 1.165) is 78.6 Å². The Balaban J connectivity index is 1.76. The van der Waals surface area contributed by atoms with Gasteiger partial charge in [0.2, 0.25) is 0 Å². The zero-order valence-corrected chi connectivity index (χ0v) is 14.9. The first-order chi connectivity index (χ1) is 12.9. The van der Waals surface area contributed by atoms with Crippen LogP contribution in [0.5, 0.6) is 0 Å². The predicted molar refractivity (Wildman–Crippen MR) is 109 cm³/mol. The summed E-state index contributed by atoms with van der Waals surface area (Å²) in [5.74, 6) is 0. The maximum absolute atomic E-state index is 4.80. The summed E-state index contributed by atoms with van der Waals surface area (Å²) < 4.78 is 0. The van der Waals surface area contributed by atoms with Gasteiger partial charge in [0.05, 0.1) is 22.4 Å². The SMILES string of the molecule is C1=NCCCCNCCCN=Cc2ccc3ccc4ccc1nc4c3n2. The lowest BCUT2D eigenvalue weighted by Crippen LogP contribution is -2.17. The third-order valence-corrected chi connectivity index (χ3v) is 4.54. The van der Waals surface area contributed by atoms with E-state index in [2.05, 4.69) is 39.6 Å². The number of nitrogens with one attached hydrogen (secondary N) is 1. The van der Waals surface area contributed by atoms with Crippen molar-refractivity contribution >= 4 is 34.2 Å². The summed E-state index contributed by atoms with van der Waals surface area (Å²) in [7, 11) is 0. The van der Waals surface area contributed by atoms with Gasteiger partial charge in [0.15, 0.2) is 0 Å². The van der Waals surface area contributed by atoms with Crippen LogP contribution in [0.2, 0.25) is 0 Å². The average Bonchev–Trinajstić information content (AvgIpc) is 2.68. The van der Waals surface area contributed by atoms with Crippen LogP contribution in [0.1, 0.15) is 30.7 Å². The molecular formula is C21H23N5. The van der Waals surface area contributed by atoms with E-state index in [1.165, 1.54) is 0 Å². The fraction of sp³-hybridized carbons (Fsp3) is 0.333. The van der Waals surface area contributed by atoms with Crippen LogP contribution in [-0.2, 0) is 0 Å². The van der Waals surface area contributed by atoms with E-state index in [-0.39, 0.29) is 0 Å². The molecule has 0 radical (unpaired) electrons. The molecule has 0 unspecified atom stereocenters. The van der Waals surface area contributed by atoms with Crippen LogP contribution < -0.4 is 5.32 Å². The van der Waals surface area contributed by atoms with Gasteiger partial charge in [0.1, 0.15) is 0 Å². The van der Waals surface area contributed by atoms with Gasteiger partial charge < -0.3 is 5.32 Å². The Kier molecular flexibility index (Phi) is 5.26. The van der Waals surface area contributed by atoms with Crippen LogP contribution in [0, 0.1) is 0 Å². The molecule has 0 saturated carbocycles. The number of aliphatic imine (C=N–C) groups is 2. The van der Waals surface area contributed by atoms with Crippen molar-refractivity contribution in [1.29, 1.82) is 0 Å². The highest BCUT2D eigenvalue weighted by Crippen LogP contribution is 2.22. The molecule has 1 aliphatic rings. The Morgan fingerprint density at radius 3 is 1.81 bits per heavy atom. The minimum Gasteiger partial charge on any atom is -0.317 e. The number of nitrogens with zero attached hydrogens (tertiary/aromatic N) is 4. The quantitative estimate of drug-likeness (QED) is 0.635. The Morgan fingerprint density at radius 1 is 0.615 bits per heavy atom. The molecule has 4 rings (SSSR count). The standard InChI is InChI=1S/C21H23N5/c1-2-11-23-14-18-8-6-16-4-5-17-7-9-19(26-21(17)20(16)25-18)15-24-13-3-12-22-10-1/h4-9,14-15,22H,1-3,10-13H2. The Hall–Kier alpha value is -2.66. The number of benzene rings is 1. The fourth-order valence-corrected chi connectivity index (χ4v) is 3.13. The number of hydrogen-bond acceptors (Lipinski definition) is 5. The lowest BCUT2D eigenvalue weighted by Gasteiger charge is -2.05. The van der Waals surface area contributed by atoms with Crippen LogP contribution in [0.15, 0.2) is 46.4 Å². The lowest BCUT2D eigenvalue weighted by atomic mass is 10.1. The summed E-state index contributed by atoms with van der Waals surface area (Å²) >= 11 is 0. The van der Waals surface area contributed by atoms with Gasteiger partial charge in [0, 0.05) is 36.3 Å². The summed E-state index contributed by atoms with van der Waals surface area (Å²) in [6.07, 6.45) is 7.01. The van der Waals surface area contributed by atoms with E-state index in [1.807, 2.05) is 24.6 Å². The summed E-state index contributed by atoms with van der Waals surface area (Å²) in [5, 5.41) is 5.65. The molecule has 0 spiro atoms. The molecule has 3 aromatic rings. The van der Waals surface area contributed by atoms with E-state index in [4.69, 9.17) is 9.97 Å². The molecule has 2 aromatic heterocycles. The number of hydrogen-bond donors (Lipinski definition) is 1. The first-order valence-corrected chi connectivity index (χ1v) is 9.31. The molecule has 3 heterocycles. The zero-order valence-electron chi connectivity index (χ0n) is 14.9. The molecule has 26 heavy (non-hydrogen) atoms. The lowest BCUT2D eigenvalue weighted by molar-refractivity contribution is 0.612. The highest BCUT2D eigenvalue weighted by atomic mass is 14.9. The Labute approximate surface area is 153 Å². The van der Waals surface area contributed by atoms with Crippen molar-refractivity contribution in [3.05, 3.63) is 47.8 Å². The first kappa shape index (κ1) is 16.8. The molecule has 0 amide bonds. The maximum atomic E-state index is 4.80. The van der Waals surface area contributed by atoms with Crippen molar-refractivity contribution in [2.75, 3.05) is 26.2 Å². The van der Waals surface area contributed by atoms with Crippen molar-refractivity contribution in [2.45, 2.75) is 19.3 Å². The monoisotopic (exact) mass is 345 g/mol. The van der Waals surface area contributed by atoms with Gasteiger partial charge in [-0.15, -0.1) is 0 Å². The second kappa shape index (κ2) is 8.15. The van der Waals surface area contributed by atoms with E-state index < -0.39 is 0 Å². The number of fused-ring (bicyclic) bond motifs is 2. The molecule has 4 bridgehead atoms. The summed E-state index contributed by atoms with van der Waals surface area (Å²) in [4.78, 5) is 18.7. The molecule has 5 heteroatoms. The number of aromatic nitrogens is 2. The smallest absolute Gasteiger partial charge is 0.0972 e. The van der Waals surface area contributed by atoms with E-state index in [9.17, 15) is 0 Å². The molecule has 0 atom stereocenters. The summed E-state index contributed by atoms with van der Waals surface area (Å²) in [5.41, 5.74) is 3.60. The van der Waals surface area contributed by atoms with E-state index >= 15 is 0 Å². The van der Waals surface area contributed by atoms with Crippen LogP contribution in [0.25, 0.3) is 21.8 Å². The van der Waals surface area contributed by atoms with Gasteiger partial charge in [-0.3, -0.25) is 9.98 Å². The highest BCUT2D eigenvalue weighted by Gasteiger charge is 2.05. The van der Waals surface area contributed by atoms with Gasteiger partial charge >= 0.3 is 0 Å². The van der Waals surface area contributed by atoms with E-state index in [0.29, 0.717) is 0 Å². The molecule has 1 N–H and O–H groups in total. The Bertz CT molecular complexity index is 882. The second-order valence-corrected chi connectivity index (χ2v) is 6.56. The molecule has 1 aromatic carbocycles. The Morgan fingerprint density at radius 2 is 1.15 bits per heavy atom. The molecule has 1 aliphatic heterocycles. The largest absolute Gasteiger partial charge is 0.317 e. The van der Waals surface area contributed by atoms with Crippen molar-refractivity contribution in [3.63, 3.8) is 0 Å². The third-order valence-electron chi connectivity index (χ3n) is 4.54. The first-order valence-electron chi connectivity index (χ1n) is 9.31. The molecule has 0 fully saturated rings. The van der Waals surface area contributed by atoms with Gasteiger partial charge in [-0.1, -0.05) is 24.3 Å². The molecule has 0 aliphatic carbocycles. The van der Waals surface area contributed by atoms with Gasteiger partial charge in [0.25, 0.3) is 0 Å². The molecule has 0 saturated heterocycles. The van der Waals surface area contributed by atoms with Gasteiger partial charge in [-0.05, 0) is 44.5 Å². The minimum atomic E-state index is 0.814. The predicted octanol–water partition coefficient (Wildman–Crippen LogP) is 3.39. The minimum absolute atomic E-state index is 0.814. The molecule has 132 valence electrons. The van der Waals surface area contributed by atoms with Gasteiger partial charge in [-0.25, -0.2) is 9.97 Å². The van der Waals surface area contributed by atoms with Crippen LogP contribution in [0.4, 0.5) is 0 Å². The van der Waals surface area contributed by atoms with Crippen molar-refractivity contribution in [2.24, 2.45) is 9.98 Å². The van der Waals surface area contributed by atoms with E-state index in [1.54, 1.807) is 0 Å². The van der Waals surface area contributed by atoms with Crippen molar-refractivity contribution in [1.82, 2.24) is 15.3 Å². The topological polar surface area (TPSA) is 62.5 Å². The molecule has 5 nitrogen and oxygen atoms in total. The third kappa shape index (κ3) is 3.94. The van der Waals surface area contributed by atoms with Gasteiger partial charge in [-0.2, -0.15) is 0 Å². The second-order valence-electron chi connectivity index (χ2n) is 6.56. The normalized spacial score (nSPS) is 16.5. The zero-order chi connectivity index (χ0) is 17.6. The number of rotatable bonds is 0. The van der Waals surface area contributed by atoms with Crippen molar-refractivity contribution in [3.8, 4) is 0 Å². The fourth-order valence-electron chi connectivity index (χ4n) is 3.13. The van der Waals surface area contributed by atoms with Crippen LogP contribution in [0.3, 0.4) is 0 Å². The summed E-state index contributed by atoms with van der Waals surface area (Å²) in [6.45, 7) is 3.69. The average molecular weight is 345 g/mol. The highest BCUT2D eigenvalue weighted by molar-refractivity contribution is 6.04. The molecular weight excluding hydrogens is 322 g/mol. The summed E-state index contributed by atoms with van der Waals surface area (Å²) in [6, 6.07) is 12.4. The number of pyridine rings is 2. The van der Waals surface area contributed by atoms with Crippen molar-refractivity contribution < 1.29 is 0 Å².